The Morgan fingerprint density at radius 3 is 1.21 bits per heavy atom. The first-order valence-corrected chi connectivity index (χ1v) is 57.7. The number of nitrogens with zero attached hydrogens (tertiary/aromatic N) is 10. The molecule has 5 aromatic heterocycles. The largest absolute Gasteiger partial charge is 0.499 e. The van der Waals surface area contributed by atoms with Crippen molar-refractivity contribution in [2.24, 2.45) is 0 Å². The van der Waals surface area contributed by atoms with Gasteiger partial charge in [-0.05, 0) is 91.9 Å². The summed E-state index contributed by atoms with van der Waals surface area (Å²) in [5.74, 6) is -1.33. The van der Waals surface area contributed by atoms with Gasteiger partial charge in [-0.15, -0.1) is 0 Å². The molecule has 10 aromatic rings. The molecule has 0 aliphatic carbocycles. The smallest absolute Gasteiger partial charge is 0.407 e. The van der Waals surface area contributed by atoms with Crippen LogP contribution < -0.4 is 39.9 Å². The zero-order chi connectivity index (χ0) is 77.7. The Morgan fingerprint density at radius 1 is 0.430 bits per heavy atom. The van der Waals surface area contributed by atoms with Gasteiger partial charge < -0.3 is 46.5 Å². The van der Waals surface area contributed by atoms with E-state index in [1.54, 1.807) is 12.1 Å². The standard InChI is InChI=1S/C18H25B2FN2O4S.C12H13B2FN2O4S.C10H13B2FN2O2S.2C7H4FN2S.3C4H9.3CH3.2Sn/c1-15(2)16(3,4)25-19(24-15)10-9-11(21)12(14-13(10)22-28-23-14)20-26-17(5,6)18(7,8)27-20;15-9-7-8(13-18-3-1-4-19-13)11-12(17-22-16-11)10(9)14-20-5-2-6-21-14;1-11(2)6-5-7(13)8(12(16-3)17-4)10-9(6)14-18-15-10;2*1-4-2-5(8)3-6-7(4)10-11-9-6;3*1-3-4-2;;;;;/h9H,1-8H3;7H,1-6H2;5H,1-4H3;2*2H,1H3;3*1,3-4H2,2H3;3*1H3;;. The molecule has 0 bridgehead atoms. The van der Waals surface area contributed by atoms with Gasteiger partial charge >= 0.3 is 287 Å². The van der Waals surface area contributed by atoms with Crippen molar-refractivity contribution >= 4 is 233 Å². The zero-order valence-electron chi connectivity index (χ0n) is 64.9. The Hall–Kier alpha value is -3.56. The third-order valence-corrected chi connectivity index (χ3v) is 44.7. The Morgan fingerprint density at radius 2 is 0.785 bits per heavy atom. The molecule has 0 spiro atoms. The van der Waals surface area contributed by atoms with Crippen molar-refractivity contribution in [2.75, 3.05) is 40.6 Å². The number of unbranched alkanes of at least 4 members (excludes halogenated alkanes) is 3. The van der Waals surface area contributed by atoms with Crippen LogP contribution in [0.15, 0.2) is 30.3 Å². The molecule has 0 unspecified atom stereocenters. The quantitative estimate of drug-likeness (QED) is 0.0542. The summed E-state index contributed by atoms with van der Waals surface area (Å²) >= 11 is 0.259. The third-order valence-electron chi connectivity index (χ3n) is 20.8. The molecule has 14 rings (SSSR count). The van der Waals surface area contributed by atoms with Gasteiger partial charge in [-0.25, -0.2) is 13.2 Å². The van der Waals surface area contributed by atoms with E-state index in [9.17, 15) is 13.2 Å². The third kappa shape index (κ3) is 18.6. The molecular weight excluding hydrogens is 1690 g/mol. The van der Waals surface area contributed by atoms with Crippen LogP contribution in [-0.4, -0.2) is 186 Å². The fourth-order valence-corrected chi connectivity index (χ4v) is 38.4. The maximum Gasteiger partial charge on any atom is 0.499 e. The van der Waals surface area contributed by atoms with Crippen LogP contribution in [0.2, 0.25) is 41.8 Å². The molecule has 38 heteroatoms. The van der Waals surface area contributed by atoms with E-state index in [1.807, 2.05) is 82.9 Å². The molecule has 0 saturated carbocycles. The predicted octanol–water partition coefficient (Wildman–Crippen LogP) is 12.2. The number of hydrogen-bond donors (Lipinski definition) is 0. The minimum Gasteiger partial charge on any atom is -0.407 e. The molecule has 0 N–H and O–H groups in total. The summed E-state index contributed by atoms with van der Waals surface area (Å²) in [5, 5.41) is 0. The minimum absolute atomic E-state index is 0.0202. The van der Waals surface area contributed by atoms with E-state index < -0.39 is 106 Å². The van der Waals surface area contributed by atoms with Crippen molar-refractivity contribution in [3.8, 4) is 0 Å². The Balaban J connectivity index is 0.000000145. The second-order valence-corrected chi connectivity index (χ2v) is 60.8. The van der Waals surface area contributed by atoms with Gasteiger partial charge in [-0.2, -0.15) is 26.2 Å². The van der Waals surface area contributed by atoms with Gasteiger partial charge in [-0.1, -0.05) is 13.6 Å². The number of halogens is 5. The molecular formula is C69H95B6F5N10O10S5Sn2. The summed E-state index contributed by atoms with van der Waals surface area (Å²) < 4.78 is 179. The van der Waals surface area contributed by atoms with E-state index >= 15 is 8.78 Å². The molecule has 4 fully saturated rings. The summed E-state index contributed by atoms with van der Waals surface area (Å²) in [6.45, 7) is 32.6. The minimum atomic E-state index is -2.83. The topological polar surface area (TPSA) is 221 Å². The van der Waals surface area contributed by atoms with Crippen LogP contribution in [-0.2, 0) is 46.5 Å². The van der Waals surface area contributed by atoms with Gasteiger partial charge in [0.15, 0.2) is 6.71 Å². The van der Waals surface area contributed by atoms with E-state index in [2.05, 4.69) is 79.3 Å². The summed E-state index contributed by atoms with van der Waals surface area (Å²) in [7, 11) is -0.746. The summed E-state index contributed by atoms with van der Waals surface area (Å²) in [5.41, 5.74) is 9.25. The number of rotatable bonds is 19. The SMILES string of the molecule is CC1(C)OB(c2cc(F)c(B3OC(C)(C)C(C)(C)O3)c3nsnc23)OC1(C)C.CCC[CH2][Sn]([CH2]CCC)([CH2]CCC)[c]1c(F)cc(C)c2nsnc12.COB(OC)c1c(F)cc(B(C)C)c2nsnc12.Cc1cc(F)[c]([Sn]([CH3])([CH3])[CH3])c2nsnc12.Fc1cc(B2OCCCO2)c2nsnc2c1B1OCCCO1. The first-order chi connectivity index (χ1) is 50.7. The van der Waals surface area contributed by atoms with Gasteiger partial charge in [0.1, 0.15) is 45.0 Å². The van der Waals surface area contributed by atoms with E-state index in [-0.39, 0.29) is 29.6 Å². The molecule has 20 nitrogen and oxygen atoms in total. The zero-order valence-corrected chi connectivity index (χ0v) is 74.7. The van der Waals surface area contributed by atoms with Gasteiger partial charge in [0.2, 0.25) is 0 Å². The Kier molecular flexibility index (Phi) is 29.1. The molecule has 4 saturated heterocycles. The second-order valence-electron chi connectivity index (χ2n) is 30.8. The first-order valence-electron chi connectivity index (χ1n) is 36.6. The van der Waals surface area contributed by atoms with Crippen molar-refractivity contribution in [3.63, 3.8) is 0 Å². The average molecular weight is 1780 g/mol. The van der Waals surface area contributed by atoms with Crippen LogP contribution in [0, 0.1) is 42.9 Å². The van der Waals surface area contributed by atoms with Crippen molar-refractivity contribution in [1.82, 2.24) is 43.7 Å². The summed E-state index contributed by atoms with van der Waals surface area (Å²) in [4.78, 5) is 6.59. The van der Waals surface area contributed by atoms with E-state index in [4.69, 9.17) is 46.5 Å². The number of benzene rings is 5. The fourth-order valence-electron chi connectivity index (χ4n) is 13.5. The maximum atomic E-state index is 15.3. The van der Waals surface area contributed by atoms with Crippen LogP contribution in [0.25, 0.3) is 55.2 Å². The molecule has 4 aliphatic heterocycles. The van der Waals surface area contributed by atoms with Crippen LogP contribution in [0.4, 0.5) is 22.0 Å². The van der Waals surface area contributed by atoms with Gasteiger partial charge in [0, 0.05) is 68.0 Å². The van der Waals surface area contributed by atoms with E-state index in [0.29, 0.717) is 75.9 Å². The molecule has 0 atom stereocenters. The number of aromatic nitrogens is 10. The molecule has 5 aromatic carbocycles. The maximum absolute atomic E-state index is 15.3. The van der Waals surface area contributed by atoms with Crippen LogP contribution in [0.1, 0.15) is 139 Å². The van der Waals surface area contributed by atoms with Crippen LogP contribution in [0.5, 0.6) is 0 Å². The number of hydrogen-bond acceptors (Lipinski definition) is 25. The van der Waals surface area contributed by atoms with Gasteiger partial charge in [0.25, 0.3) is 0 Å². The molecule has 0 radical (unpaired) electrons. The van der Waals surface area contributed by atoms with Gasteiger partial charge in [-0.3, -0.25) is 0 Å². The van der Waals surface area contributed by atoms with Crippen LogP contribution in [0.3, 0.4) is 0 Å². The molecule has 4 aliphatic rings. The van der Waals surface area contributed by atoms with Crippen molar-refractivity contribution in [1.29, 1.82) is 0 Å². The van der Waals surface area contributed by atoms with E-state index in [1.165, 1.54) is 108 Å². The molecule has 0 amide bonds. The van der Waals surface area contributed by atoms with Crippen LogP contribution >= 0.6 is 58.6 Å². The average Bonchev–Trinajstić information content (AvgIpc) is 1.61. The van der Waals surface area contributed by atoms with Crippen molar-refractivity contribution in [3.05, 3.63) is 70.5 Å². The number of aryl methyl sites for hydroxylation is 2. The monoisotopic (exact) mass is 1780 g/mol. The molecule has 572 valence electrons. The summed E-state index contributed by atoms with van der Waals surface area (Å²) in [6.07, 6.45) is 8.92. The Bertz CT molecular complexity index is 4650. The fraction of sp³-hybridized carbons (Fsp3) is 0.565. The van der Waals surface area contributed by atoms with Crippen molar-refractivity contribution < 1.29 is 68.5 Å². The van der Waals surface area contributed by atoms with Gasteiger partial charge in [0.05, 0.1) is 63.1 Å². The Labute approximate surface area is 656 Å². The predicted molar refractivity (Wildman–Crippen MR) is 436 cm³/mol. The first kappa shape index (κ1) is 85.9. The number of fused-ring (bicyclic) bond motifs is 5. The summed E-state index contributed by atoms with van der Waals surface area (Å²) in [6, 6.07) is 7.63. The molecule has 107 heavy (non-hydrogen) atoms. The van der Waals surface area contributed by atoms with Crippen molar-refractivity contribution in [2.45, 2.75) is 206 Å². The molecule has 9 heterocycles. The normalized spacial score (nSPS) is 16.9. The van der Waals surface area contributed by atoms with E-state index in [0.717, 1.165) is 99.4 Å². The second kappa shape index (κ2) is 36.3.